The van der Waals surface area contributed by atoms with Crippen molar-refractivity contribution in [2.75, 3.05) is 0 Å². The Kier molecular flexibility index (Phi) is 4.08. The number of phenolic OH excluding ortho intramolecular Hbond substituents is 3. The van der Waals surface area contributed by atoms with Crippen LogP contribution in [0.1, 0.15) is 46.1 Å². The molecule has 1 aliphatic heterocycles. The van der Waals surface area contributed by atoms with Crippen LogP contribution in [0.2, 0.25) is 0 Å². The molecule has 0 saturated carbocycles. The van der Waals surface area contributed by atoms with Crippen LogP contribution in [0.25, 0.3) is 0 Å². The van der Waals surface area contributed by atoms with Gasteiger partial charge in [0.05, 0.1) is 0 Å². The van der Waals surface area contributed by atoms with E-state index in [-0.39, 0.29) is 22.6 Å². The highest BCUT2D eigenvalue weighted by molar-refractivity contribution is 5.53. The Morgan fingerprint density at radius 1 is 1.05 bits per heavy atom. The zero-order valence-electron chi connectivity index (χ0n) is 13.2. The predicted octanol–water partition coefficient (Wildman–Crippen LogP) is 2.20. The molecule has 0 aliphatic carbocycles. The van der Waals surface area contributed by atoms with Crippen molar-refractivity contribution >= 4 is 0 Å². The standard InChI is InChI=1S/C16H26N2O3/c1-15(2)7-11(8-16(3,4)18-15)17-9-10-5-6-12(19)14(21)13(10)20/h5-6,11,17-21H,7-9H2,1-4H3. The van der Waals surface area contributed by atoms with Gasteiger partial charge in [0.25, 0.3) is 0 Å². The minimum Gasteiger partial charge on any atom is -0.504 e. The van der Waals surface area contributed by atoms with E-state index in [1.807, 2.05) is 0 Å². The molecule has 1 fully saturated rings. The number of phenols is 3. The molecular weight excluding hydrogens is 268 g/mol. The Morgan fingerprint density at radius 3 is 2.19 bits per heavy atom. The first kappa shape index (κ1) is 15.9. The molecule has 1 aliphatic rings. The molecule has 0 unspecified atom stereocenters. The van der Waals surface area contributed by atoms with Crippen molar-refractivity contribution in [2.45, 2.75) is 64.2 Å². The smallest absolute Gasteiger partial charge is 0.200 e. The first-order valence-electron chi connectivity index (χ1n) is 7.35. The molecule has 118 valence electrons. The summed E-state index contributed by atoms with van der Waals surface area (Å²) in [6.07, 6.45) is 1.97. The van der Waals surface area contributed by atoms with Gasteiger partial charge in [0.2, 0.25) is 5.75 Å². The molecule has 5 heteroatoms. The van der Waals surface area contributed by atoms with E-state index >= 15 is 0 Å². The quantitative estimate of drug-likeness (QED) is 0.552. The fourth-order valence-electron chi connectivity index (χ4n) is 3.47. The zero-order valence-corrected chi connectivity index (χ0v) is 13.2. The van der Waals surface area contributed by atoms with Crippen LogP contribution in [-0.4, -0.2) is 32.4 Å². The highest BCUT2D eigenvalue weighted by atomic mass is 16.3. The van der Waals surface area contributed by atoms with Crippen molar-refractivity contribution in [2.24, 2.45) is 0 Å². The van der Waals surface area contributed by atoms with Crippen LogP contribution < -0.4 is 10.6 Å². The van der Waals surface area contributed by atoms with Crippen LogP contribution in [0.15, 0.2) is 12.1 Å². The van der Waals surface area contributed by atoms with Crippen LogP contribution in [0, 0.1) is 0 Å². The van der Waals surface area contributed by atoms with Gasteiger partial charge in [0.15, 0.2) is 11.5 Å². The molecule has 1 aromatic carbocycles. The van der Waals surface area contributed by atoms with E-state index < -0.39 is 5.75 Å². The lowest BCUT2D eigenvalue weighted by molar-refractivity contribution is 0.145. The normalized spacial score (nSPS) is 21.3. The number of hydrogen-bond acceptors (Lipinski definition) is 5. The molecule has 2 rings (SSSR count). The van der Waals surface area contributed by atoms with Gasteiger partial charge in [0, 0.05) is 29.2 Å². The van der Waals surface area contributed by atoms with Crippen molar-refractivity contribution in [3.05, 3.63) is 17.7 Å². The molecule has 0 bridgehead atoms. The molecule has 0 amide bonds. The Labute approximate surface area is 126 Å². The molecule has 0 aromatic heterocycles. The second-order valence-electron chi connectivity index (χ2n) is 7.32. The minimum absolute atomic E-state index is 0.0541. The highest BCUT2D eigenvalue weighted by Gasteiger charge is 2.37. The van der Waals surface area contributed by atoms with Gasteiger partial charge in [-0.2, -0.15) is 0 Å². The maximum Gasteiger partial charge on any atom is 0.200 e. The van der Waals surface area contributed by atoms with Gasteiger partial charge in [-0.05, 0) is 46.6 Å². The van der Waals surface area contributed by atoms with Crippen LogP contribution in [0.3, 0.4) is 0 Å². The second-order valence-corrected chi connectivity index (χ2v) is 7.32. The Hall–Kier alpha value is -1.46. The first-order chi connectivity index (χ1) is 9.60. The van der Waals surface area contributed by atoms with Crippen LogP contribution in [0.4, 0.5) is 0 Å². The Balaban J connectivity index is 2.05. The van der Waals surface area contributed by atoms with Gasteiger partial charge in [-0.1, -0.05) is 6.07 Å². The van der Waals surface area contributed by atoms with Gasteiger partial charge in [-0.15, -0.1) is 0 Å². The van der Waals surface area contributed by atoms with Crippen molar-refractivity contribution in [1.82, 2.24) is 10.6 Å². The minimum atomic E-state index is -0.458. The molecule has 21 heavy (non-hydrogen) atoms. The van der Waals surface area contributed by atoms with Crippen LogP contribution in [0.5, 0.6) is 17.2 Å². The van der Waals surface area contributed by atoms with Gasteiger partial charge in [-0.3, -0.25) is 0 Å². The topological polar surface area (TPSA) is 84.8 Å². The summed E-state index contributed by atoms with van der Waals surface area (Å²) in [5.74, 6) is -1.02. The van der Waals surface area contributed by atoms with Crippen molar-refractivity contribution in [3.8, 4) is 17.2 Å². The summed E-state index contributed by atoms with van der Waals surface area (Å²) < 4.78 is 0. The van der Waals surface area contributed by atoms with Crippen molar-refractivity contribution < 1.29 is 15.3 Å². The highest BCUT2D eigenvalue weighted by Crippen LogP contribution is 2.37. The third kappa shape index (κ3) is 3.80. The third-order valence-corrected chi connectivity index (χ3v) is 3.98. The predicted molar refractivity (Wildman–Crippen MR) is 82.6 cm³/mol. The summed E-state index contributed by atoms with van der Waals surface area (Å²) in [6, 6.07) is 3.34. The van der Waals surface area contributed by atoms with Gasteiger partial charge < -0.3 is 26.0 Å². The van der Waals surface area contributed by atoms with E-state index in [9.17, 15) is 15.3 Å². The number of nitrogens with one attached hydrogen (secondary N) is 2. The summed E-state index contributed by atoms with van der Waals surface area (Å²) in [4.78, 5) is 0. The summed E-state index contributed by atoms with van der Waals surface area (Å²) in [5, 5.41) is 35.8. The first-order valence-corrected chi connectivity index (χ1v) is 7.35. The lowest BCUT2D eigenvalue weighted by Crippen LogP contribution is -2.61. The Bertz CT molecular complexity index is 510. The maximum atomic E-state index is 9.85. The van der Waals surface area contributed by atoms with Crippen LogP contribution in [-0.2, 0) is 6.54 Å². The molecule has 0 spiro atoms. The fourth-order valence-corrected chi connectivity index (χ4v) is 3.47. The lowest BCUT2D eigenvalue weighted by Gasteiger charge is -2.46. The molecule has 1 aromatic rings. The number of aromatic hydroxyl groups is 3. The SMILES string of the molecule is CC1(C)CC(NCc2ccc(O)c(O)c2O)CC(C)(C)N1. The van der Waals surface area contributed by atoms with Gasteiger partial charge >= 0.3 is 0 Å². The number of hydrogen-bond donors (Lipinski definition) is 5. The van der Waals surface area contributed by atoms with Crippen molar-refractivity contribution in [3.63, 3.8) is 0 Å². The fraction of sp³-hybridized carbons (Fsp3) is 0.625. The largest absolute Gasteiger partial charge is 0.504 e. The van der Waals surface area contributed by atoms with E-state index in [1.54, 1.807) is 6.07 Å². The van der Waals surface area contributed by atoms with E-state index in [4.69, 9.17) is 0 Å². The lowest BCUT2D eigenvalue weighted by atomic mass is 9.79. The Morgan fingerprint density at radius 2 is 1.62 bits per heavy atom. The zero-order chi connectivity index (χ0) is 15.8. The number of rotatable bonds is 3. The van der Waals surface area contributed by atoms with Gasteiger partial charge in [0.1, 0.15) is 0 Å². The molecule has 5 nitrogen and oxygen atoms in total. The molecule has 5 N–H and O–H groups in total. The summed E-state index contributed by atoms with van der Waals surface area (Å²) in [6.45, 7) is 9.20. The van der Waals surface area contributed by atoms with Gasteiger partial charge in [-0.25, -0.2) is 0 Å². The van der Waals surface area contributed by atoms with E-state index in [1.165, 1.54) is 6.07 Å². The van der Waals surface area contributed by atoms with Crippen LogP contribution >= 0.6 is 0 Å². The molecule has 1 heterocycles. The monoisotopic (exact) mass is 294 g/mol. The van der Waals surface area contributed by atoms with E-state index in [2.05, 4.69) is 38.3 Å². The molecular formula is C16H26N2O3. The maximum absolute atomic E-state index is 9.85. The molecule has 0 radical (unpaired) electrons. The number of benzene rings is 1. The average Bonchev–Trinajstić information content (AvgIpc) is 2.31. The summed E-state index contributed by atoms with van der Waals surface area (Å²) in [7, 11) is 0. The van der Waals surface area contributed by atoms with E-state index in [0.717, 1.165) is 12.8 Å². The third-order valence-electron chi connectivity index (χ3n) is 3.98. The second kappa shape index (κ2) is 5.39. The number of piperidine rings is 1. The van der Waals surface area contributed by atoms with E-state index in [0.29, 0.717) is 18.2 Å². The summed E-state index contributed by atoms with van der Waals surface area (Å²) >= 11 is 0. The van der Waals surface area contributed by atoms with Crippen molar-refractivity contribution in [1.29, 1.82) is 0 Å². The average molecular weight is 294 g/mol. The molecule has 0 atom stereocenters. The molecule has 1 saturated heterocycles. The summed E-state index contributed by atoms with van der Waals surface area (Å²) in [5.41, 5.74) is 0.691.